The predicted octanol–water partition coefficient (Wildman–Crippen LogP) is 10.4. The molecule has 3 rings (SSSR count). The monoisotopic (exact) mass is 1300 g/mol. The number of allylic oxidation sites excluding steroid dienone is 5. The van der Waals surface area contributed by atoms with Crippen LogP contribution in [0, 0.1) is 0 Å². The van der Waals surface area contributed by atoms with E-state index in [1.54, 1.807) is 6.08 Å². The van der Waals surface area contributed by atoms with Gasteiger partial charge < -0.3 is 89.9 Å². The van der Waals surface area contributed by atoms with Crippen LogP contribution < -0.4 is 5.32 Å². The molecule has 3 aliphatic heterocycles. The van der Waals surface area contributed by atoms with Crippen LogP contribution in [0.15, 0.2) is 36.5 Å². The van der Waals surface area contributed by atoms with Gasteiger partial charge in [-0.3, -0.25) is 4.79 Å². The summed E-state index contributed by atoms with van der Waals surface area (Å²) in [5, 5.41) is 121. The lowest BCUT2D eigenvalue weighted by atomic mass is 9.96. The molecule has 0 aromatic carbocycles. The molecule has 3 saturated heterocycles. The Balaban J connectivity index is 1.44. The molecule has 0 spiro atoms. The molecule has 0 aromatic heterocycles. The molecular weight excluding hydrogens is 1170 g/mol. The standard InChI is InChI=1S/C72H133NO18/c1-3-5-7-9-11-13-15-17-19-21-23-25-26-27-28-30-31-33-35-37-39-41-43-45-47-49-56(77)55(73-60(78)50-48-46-44-42-40-38-36-34-32-29-24-22-20-18-16-14-12-10-8-6-4-2)54-86-70-66(84)63(81)68(58(52-75)88-70)91-72-67(85)64(82)69(59(53-76)89-72)90-71-65(83)62(80)61(79)57(51-74)87-71/h22,24,39,41,47,49,55-59,61-72,74-77,79-85H,3-21,23,25-38,40,42-46,48,50-54H2,1-2H3,(H,73,78)/b24-22-,41-39+,49-47+. The van der Waals surface area contributed by atoms with Gasteiger partial charge in [0, 0.05) is 6.42 Å². The summed E-state index contributed by atoms with van der Waals surface area (Å²) in [7, 11) is 0. The maximum atomic E-state index is 13.4. The number of rotatable bonds is 57. The summed E-state index contributed by atoms with van der Waals surface area (Å²) < 4.78 is 34.4. The van der Waals surface area contributed by atoms with Gasteiger partial charge in [0.25, 0.3) is 0 Å². The largest absolute Gasteiger partial charge is 0.394 e. The molecule has 3 aliphatic rings. The fourth-order valence-corrected chi connectivity index (χ4v) is 12.4. The molecule has 0 bridgehead atoms. The second-order valence-electron chi connectivity index (χ2n) is 26.4. The van der Waals surface area contributed by atoms with Gasteiger partial charge in [0.15, 0.2) is 18.9 Å². The van der Waals surface area contributed by atoms with Gasteiger partial charge in [-0.1, -0.05) is 256 Å². The van der Waals surface area contributed by atoms with Crippen LogP contribution in [0.4, 0.5) is 0 Å². The Hall–Kier alpha value is -1.99. The third kappa shape index (κ3) is 35.7. The Morgan fingerprint density at radius 2 is 0.703 bits per heavy atom. The predicted molar refractivity (Wildman–Crippen MR) is 356 cm³/mol. The van der Waals surface area contributed by atoms with Gasteiger partial charge in [0.1, 0.15) is 73.2 Å². The van der Waals surface area contributed by atoms with E-state index in [9.17, 15) is 61.0 Å². The third-order valence-corrected chi connectivity index (χ3v) is 18.4. The molecule has 17 unspecified atom stereocenters. The zero-order chi connectivity index (χ0) is 66.1. The number of aliphatic hydroxyl groups is 11. The van der Waals surface area contributed by atoms with Crippen LogP contribution in [0.2, 0.25) is 0 Å². The first-order valence-electron chi connectivity index (χ1n) is 36.7. The van der Waals surface area contributed by atoms with Crippen molar-refractivity contribution >= 4 is 5.91 Å². The summed E-state index contributed by atoms with van der Waals surface area (Å²) in [6.45, 7) is 1.75. The topological polar surface area (TPSA) is 307 Å². The highest BCUT2D eigenvalue weighted by Gasteiger charge is 2.53. The van der Waals surface area contributed by atoms with Crippen LogP contribution in [0.25, 0.3) is 0 Å². The Bertz CT molecular complexity index is 1790. The van der Waals surface area contributed by atoms with Crippen molar-refractivity contribution in [1.82, 2.24) is 5.32 Å². The van der Waals surface area contributed by atoms with E-state index in [0.717, 1.165) is 51.4 Å². The minimum Gasteiger partial charge on any atom is -0.394 e. The molecule has 91 heavy (non-hydrogen) atoms. The Kier molecular flexibility index (Phi) is 49.5. The fraction of sp³-hybridized carbons (Fsp3) is 0.903. The van der Waals surface area contributed by atoms with Crippen LogP contribution in [0.1, 0.15) is 284 Å². The zero-order valence-corrected chi connectivity index (χ0v) is 56.6. The van der Waals surface area contributed by atoms with Crippen LogP contribution in [0.3, 0.4) is 0 Å². The number of unbranched alkanes of at least 4 members (excludes halogenated alkanes) is 37. The smallest absolute Gasteiger partial charge is 0.220 e. The number of nitrogens with one attached hydrogen (secondary N) is 1. The van der Waals surface area contributed by atoms with E-state index in [-0.39, 0.29) is 18.9 Å². The summed E-state index contributed by atoms with van der Waals surface area (Å²) in [4.78, 5) is 13.4. The second kappa shape index (κ2) is 54.1. The lowest BCUT2D eigenvalue weighted by molar-refractivity contribution is -0.379. The van der Waals surface area contributed by atoms with Gasteiger partial charge in [-0.05, 0) is 57.8 Å². The molecule has 0 radical (unpaired) electrons. The Labute approximate surface area is 549 Å². The van der Waals surface area contributed by atoms with Gasteiger partial charge in [0.2, 0.25) is 5.91 Å². The summed E-state index contributed by atoms with van der Waals surface area (Å²) in [6, 6.07) is -0.991. The van der Waals surface area contributed by atoms with Crippen molar-refractivity contribution in [2.24, 2.45) is 0 Å². The molecule has 19 heteroatoms. The number of amides is 1. The average molecular weight is 1300 g/mol. The van der Waals surface area contributed by atoms with Crippen LogP contribution >= 0.6 is 0 Å². The van der Waals surface area contributed by atoms with E-state index in [1.807, 2.05) is 6.08 Å². The summed E-state index contributed by atoms with van der Waals surface area (Å²) in [5.41, 5.74) is 0. The maximum absolute atomic E-state index is 13.4. The number of ether oxygens (including phenoxy) is 6. The Morgan fingerprint density at radius 1 is 0.385 bits per heavy atom. The van der Waals surface area contributed by atoms with Crippen LogP contribution in [-0.4, -0.2) is 193 Å². The van der Waals surface area contributed by atoms with Crippen molar-refractivity contribution in [1.29, 1.82) is 0 Å². The summed E-state index contributed by atoms with van der Waals surface area (Å²) in [5.74, 6) is -0.285. The summed E-state index contributed by atoms with van der Waals surface area (Å²) in [6.07, 6.45) is 37.0. The highest BCUT2D eigenvalue weighted by atomic mass is 16.8. The minimum atomic E-state index is -1.98. The first-order chi connectivity index (χ1) is 44.3. The molecule has 3 heterocycles. The molecule has 3 fully saturated rings. The lowest BCUT2D eigenvalue weighted by Crippen LogP contribution is -2.66. The summed E-state index contributed by atoms with van der Waals surface area (Å²) >= 11 is 0. The van der Waals surface area contributed by atoms with E-state index in [2.05, 4.69) is 43.5 Å². The molecule has 1 amide bonds. The average Bonchev–Trinajstić information content (AvgIpc) is 0.883. The van der Waals surface area contributed by atoms with Crippen molar-refractivity contribution in [3.05, 3.63) is 36.5 Å². The highest BCUT2D eigenvalue weighted by molar-refractivity contribution is 5.76. The van der Waals surface area contributed by atoms with Gasteiger partial charge >= 0.3 is 0 Å². The van der Waals surface area contributed by atoms with Crippen molar-refractivity contribution in [3.8, 4) is 0 Å². The van der Waals surface area contributed by atoms with Gasteiger partial charge in [-0.25, -0.2) is 0 Å². The van der Waals surface area contributed by atoms with Gasteiger partial charge in [0.05, 0.1) is 38.6 Å². The molecule has 12 N–H and O–H groups in total. The number of carbonyl (C=O) groups is 1. The number of hydrogen-bond acceptors (Lipinski definition) is 18. The number of carbonyl (C=O) groups excluding carboxylic acids is 1. The number of hydrogen-bond donors (Lipinski definition) is 12. The highest BCUT2D eigenvalue weighted by Crippen LogP contribution is 2.33. The van der Waals surface area contributed by atoms with E-state index in [4.69, 9.17) is 28.4 Å². The molecule has 0 saturated carbocycles. The number of aliphatic hydroxyl groups excluding tert-OH is 11. The molecule has 534 valence electrons. The molecule has 19 nitrogen and oxygen atoms in total. The van der Waals surface area contributed by atoms with Gasteiger partial charge in [-0.15, -0.1) is 0 Å². The normalized spacial score (nSPS) is 28.0. The third-order valence-electron chi connectivity index (χ3n) is 18.4. The lowest BCUT2D eigenvalue weighted by Gasteiger charge is -2.48. The van der Waals surface area contributed by atoms with Crippen molar-refractivity contribution in [3.63, 3.8) is 0 Å². The van der Waals surface area contributed by atoms with Crippen molar-refractivity contribution in [2.45, 2.75) is 388 Å². The molecular formula is C72H133NO18. The zero-order valence-electron chi connectivity index (χ0n) is 56.6. The fourth-order valence-electron chi connectivity index (χ4n) is 12.4. The first-order valence-corrected chi connectivity index (χ1v) is 36.7. The Morgan fingerprint density at radius 3 is 1.10 bits per heavy atom. The van der Waals surface area contributed by atoms with Crippen LogP contribution in [-0.2, 0) is 33.2 Å². The van der Waals surface area contributed by atoms with Gasteiger partial charge in [-0.2, -0.15) is 0 Å². The van der Waals surface area contributed by atoms with E-state index < -0.39 is 124 Å². The SMILES string of the molecule is CCCCCCCCCC/C=C\CCCCCCCCCCCC(=O)NC(COC1OC(CO)C(OC2OC(CO)C(OC3OC(CO)C(O)C(O)C3O)C(O)C2O)C(O)C1O)C(O)/C=C/CC/C=C/CCCCCCCCCCCCCCCCCCCCC. The van der Waals surface area contributed by atoms with Crippen molar-refractivity contribution in [2.75, 3.05) is 26.4 Å². The van der Waals surface area contributed by atoms with Crippen LogP contribution in [0.5, 0.6) is 0 Å². The molecule has 0 aromatic rings. The van der Waals surface area contributed by atoms with E-state index >= 15 is 0 Å². The molecule has 0 aliphatic carbocycles. The quantitative estimate of drug-likeness (QED) is 0.0199. The van der Waals surface area contributed by atoms with E-state index in [1.165, 1.54) is 199 Å². The van der Waals surface area contributed by atoms with Crippen molar-refractivity contribution < 1.29 is 89.4 Å². The van der Waals surface area contributed by atoms with E-state index in [0.29, 0.717) is 12.8 Å². The minimum absolute atomic E-state index is 0.234. The second-order valence-corrected chi connectivity index (χ2v) is 26.4. The molecule has 17 atom stereocenters. The maximum Gasteiger partial charge on any atom is 0.220 e. The first kappa shape index (κ1) is 83.2.